The molecule has 0 saturated carbocycles. The molecule has 4 aromatic rings. The minimum absolute atomic E-state index is 0.0777. The van der Waals surface area contributed by atoms with Crippen LogP contribution in [0.2, 0.25) is 5.02 Å². The molecule has 32 heavy (non-hydrogen) atoms. The number of thioether (sulfide) groups is 1. The van der Waals surface area contributed by atoms with Crippen LogP contribution in [0.5, 0.6) is 5.75 Å². The van der Waals surface area contributed by atoms with E-state index in [1.807, 2.05) is 48.5 Å². The summed E-state index contributed by atoms with van der Waals surface area (Å²) < 4.78 is 2.85. The molecule has 1 aromatic heterocycles. The summed E-state index contributed by atoms with van der Waals surface area (Å²) in [5.41, 5.74) is 5.78. The molecule has 0 aliphatic heterocycles. The van der Waals surface area contributed by atoms with Crippen molar-refractivity contribution in [3.8, 4) is 5.75 Å². The molecule has 0 saturated heterocycles. The molecule has 0 atom stereocenters. The number of amides is 1. The highest BCUT2D eigenvalue weighted by molar-refractivity contribution is 9.10. The van der Waals surface area contributed by atoms with Gasteiger partial charge >= 0.3 is 0 Å². The van der Waals surface area contributed by atoms with Crippen LogP contribution < -0.4 is 5.43 Å². The van der Waals surface area contributed by atoms with E-state index in [1.54, 1.807) is 18.2 Å². The highest BCUT2D eigenvalue weighted by Gasteiger charge is 2.14. The maximum atomic E-state index is 12.3. The van der Waals surface area contributed by atoms with Crippen LogP contribution >= 0.6 is 39.3 Å². The number of halogens is 2. The highest BCUT2D eigenvalue weighted by Crippen LogP contribution is 2.27. The van der Waals surface area contributed by atoms with Gasteiger partial charge in [0.2, 0.25) is 0 Å². The fraction of sp³-hybridized carbons (Fsp3) is 0.0870. The van der Waals surface area contributed by atoms with Gasteiger partial charge in [-0.3, -0.25) is 4.79 Å². The van der Waals surface area contributed by atoms with Crippen LogP contribution in [0.3, 0.4) is 0 Å². The molecule has 4 rings (SSSR count). The van der Waals surface area contributed by atoms with E-state index in [0.717, 1.165) is 26.2 Å². The summed E-state index contributed by atoms with van der Waals surface area (Å²) in [6.07, 6.45) is 1.40. The van der Waals surface area contributed by atoms with E-state index in [4.69, 9.17) is 11.6 Å². The van der Waals surface area contributed by atoms with Crippen molar-refractivity contribution in [3.05, 3.63) is 87.4 Å². The minimum Gasteiger partial charge on any atom is -0.507 e. The Morgan fingerprint density at radius 3 is 2.81 bits per heavy atom. The van der Waals surface area contributed by atoms with E-state index in [0.29, 0.717) is 17.1 Å². The number of rotatable bonds is 7. The van der Waals surface area contributed by atoms with E-state index in [-0.39, 0.29) is 17.4 Å². The number of hydrogen-bond acceptors (Lipinski definition) is 5. The maximum absolute atomic E-state index is 12.3. The number of fused-ring (bicyclic) bond motifs is 1. The Kier molecular flexibility index (Phi) is 7.14. The topological polar surface area (TPSA) is 79.5 Å². The summed E-state index contributed by atoms with van der Waals surface area (Å²) in [6, 6.07) is 20.5. The Bertz CT molecular complexity index is 1310. The third-order valence-electron chi connectivity index (χ3n) is 4.62. The van der Waals surface area contributed by atoms with Crippen molar-refractivity contribution in [2.75, 3.05) is 5.75 Å². The predicted molar refractivity (Wildman–Crippen MR) is 133 cm³/mol. The number of aromatic nitrogens is 2. The molecule has 6 nitrogen and oxygen atoms in total. The van der Waals surface area contributed by atoms with Gasteiger partial charge in [-0.25, -0.2) is 10.4 Å². The standard InChI is InChI=1S/C23H18BrClN4O2S/c24-17-9-10-21(30)16(11-17)12-26-28-22(31)14-32-23-27-19-7-3-4-8-20(19)29(23)13-15-5-1-2-6-18(15)25/h1-12,30H,13-14H2,(H,28,31). The number of nitrogens with zero attached hydrogens (tertiary/aromatic N) is 3. The Labute approximate surface area is 202 Å². The fourth-order valence-corrected chi connectivity index (χ4v) is 4.46. The van der Waals surface area contributed by atoms with Gasteiger partial charge in [0.05, 0.1) is 29.5 Å². The molecule has 1 amide bonds. The van der Waals surface area contributed by atoms with Gasteiger partial charge < -0.3 is 9.67 Å². The van der Waals surface area contributed by atoms with Crippen LogP contribution in [0.25, 0.3) is 11.0 Å². The summed E-state index contributed by atoms with van der Waals surface area (Å²) in [4.78, 5) is 17.0. The molecular formula is C23H18BrClN4O2S. The van der Waals surface area contributed by atoms with Crippen molar-refractivity contribution in [1.82, 2.24) is 15.0 Å². The molecule has 0 unspecified atom stereocenters. The number of aromatic hydroxyl groups is 1. The first-order valence-corrected chi connectivity index (χ1v) is 11.8. The van der Waals surface area contributed by atoms with Crippen molar-refractivity contribution < 1.29 is 9.90 Å². The lowest BCUT2D eigenvalue weighted by Gasteiger charge is -2.10. The van der Waals surface area contributed by atoms with Crippen molar-refractivity contribution in [3.63, 3.8) is 0 Å². The number of carbonyl (C=O) groups excluding carboxylic acids is 1. The number of benzene rings is 3. The second-order valence-corrected chi connectivity index (χ2v) is 9.11. The third kappa shape index (κ3) is 5.32. The van der Waals surface area contributed by atoms with Gasteiger partial charge in [-0.1, -0.05) is 69.6 Å². The van der Waals surface area contributed by atoms with Crippen molar-refractivity contribution in [2.45, 2.75) is 11.7 Å². The van der Waals surface area contributed by atoms with E-state index < -0.39 is 0 Å². The van der Waals surface area contributed by atoms with Crippen LogP contribution in [-0.2, 0) is 11.3 Å². The van der Waals surface area contributed by atoms with Crippen LogP contribution in [0, 0.1) is 0 Å². The number of para-hydroxylation sites is 2. The molecule has 162 valence electrons. The molecule has 0 spiro atoms. The van der Waals surface area contributed by atoms with E-state index >= 15 is 0 Å². The average Bonchev–Trinajstić information content (AvgIpc) is 3.13. The Hall–Kier alpha value is -2.81. The summed E-state index contributed by atoms with van der Waals surface area (Å²) in [5, 5.41) is 15.2. The zero-order chi connectivity index (χ0) is 22.5. The Morgan fingerprint density at radius 2 is 1.97 bits per heavy atom. The number of carbonyl (C=O) groups is 1. The van der Waals surface area contributed by atoms with E-state index in [2.05, 4.69) is 36.0 Å². The van der Waals surface area contributed by atoms with Crippen LogP contribution in [0.1, 0.15) is 11.1 Å². The lowest BCUT2D eigenvalue weighted by molar-refractivity contribution is -0.118. The average molecular weight is 530 g/mol. The van der Waals surface area contributed by atoms with Gasteiger partial charge in [0.1, 0.15) is 5.75 Å². The number of imidazole rings is 1. The van der Waals surface area contributed by atoms with Gasteiger partial charge in [-0.2, -0.15) is 5.10 Å². The molecule has 0 aliphatic carbocycles. The quantitative estimate of drug-likeness (QED) is 0.190. The van der Waals surface area contributed by atoms with Gasteiger partial charge in [0.25, 0.3) is 5.91 Å². The summed E-state index contributed by atoms with van der Waals surface area (Å²) in [6.45, 7) is 0.546. The van der Waals surface area contributed by atoms with Crippen molar-refractivity contribution in [1.29, 1.82) is 0 Å². The van der Waals surface area contributed by atoms with Crippen molar-refractivity contribution >= 4 is 62.4 Å². The number of phenolic OH excluding ortho intramolecular Hbond substituents is 1. The molecular weight excluding hydrogens is 512 g/mol. The van der Waals surface area contributed by atoms with Gasteiger partial charge in [0, 0.05) is 15.1 Å². The first-order chi connectivity index (χ1) is 15.5. The minimum atomic E-state index is -0.280. The molecule has 1 heterocycles. The Morgan fingerprint density at radius 1 is 1.19 bits per heavy atom. The summed E-state index contributed by atoms with van der Waals surface area (Å²) >= 11 is 11.0. The number of phenols is 1. The lowest BCUT2D eigenvalue weighted by atomic mass is 10.2. The Balaban J connectivity index is 1.47. The summed E-state index contributed by atoms with van der Waals surface area (Å²) in [7, 11) is 0. The SMILES string of the molecule is O=C(CSc1nc2ccccc2n1Cc1ccccc1Cl)NN=Cc1cc(Br)ccc1O. The summed E-state index contributed by atoms with van der Waals surface area (Å²) in [5.74, 6) is -0.0702. The molecule has 0 fully saturated rings. The molecule has 0 bridgehead atoms. The molecule has 2 N–H and O–H groups in total. The van der Waals surface area contributed by atoms with Crippen LogP contribution in [-0.4, -0.2) is 32.5 Å². The van der Waals surface area contributed by atoms with Crippen LogP contribution in [0.15, 0.2) is 81.5 Å². The predicted octanol–water partition coefficient (Wildman–Crippen LogP) is 5.45. The maximum Gasteiger partial charge on any atom is 0.250 e. The number of hydrogen-bond donors (Lipinski definition) is 2. The normalized spacial score (nSPS) is 11.3. The zero-order valence-corrected chi connectivity index (χ0v) is 19.9. The van der Waals surface area contributed by atoms with Crippen molar-refractivity contribution in [2.24, 2.45) is 5.10 Å². The molecule has 0 aliphatic rings. The molecule has 0 radical (unpaired) electrons. The number of hydrazone groups is 1. The molecule has 3 aromatic carbocycles. The lowest BCUT2D eigenvalue weighted by Crippen LogP contribution is -2.20. The third-order valence-corrected chi connectivity index (χ3v) is 6.46. The van der Waals surface area contributed by atoms with Crippen LogP contribution in [0.4, 0.5) is 0 Å². The van der Waals surface area contributed by atoms with Gasteiger partial charge in [-0.05, 0) is 42.0 Å². The monoisotopic (exact) mass is 528 g/mol. The first kappa shape index (κ1) is 22.4. The first-order valence-electron chi connectivity index (χ1n) is 9.63. The van der Waals surface area contributed by atoms with Gasteiger partial charge in [-0.15, -0.1) is 0 Å². The molecule has 9 heteroatoms. The second kappa shape index (κ2) is 10.2. The van der Waals surface area contributed by atoms with Gasteiger partial charge in [0.15, 0.2) is 5.16 Å². The fourth-order valence-electron chi connectivity index (χ4n) is 3.08. The smallest absolute Gasteiger partial charge is 0.250 e. The zero-order valence-electron chi connectivity index (χ0n) is 16.7. The number of nitrogens with one attached hydrogen (secondary N) is 1. The van der Waals surface area contributed by atoms with E-state index in [9.17, 15) is 9.90 Å². The largest absolute Gasteiger partial charge is 0.507 e. The second-order valence-electron chi connectivity index (χ2n) is 6.85. The highest BCUT2D eigenvalue weighted by atomic mass is 79.9. The van der Waals surface area contributed by atoms with E-state index in [1.165, 1.54) is 18.0 Å².